The van der Waals surface area contributed by atoms with Crippen LogP contribution in [0.2, 0.25) is 0 Å². The number of hydrogen-bond donors (Lipinski definition) is 1. The second kappa shape index (κ2) is 8.37. The molecule has 0 amide bonds. The molecule has 0 aliphatic carbocycles. The van der Waals surface area contributed by atoms with Crippen LogP contribution in [0.1, 0.15) is 25.0 Å². The average Bonchev–Trinajstić information content (AvgIpc) is 2.56. The third-order valence-electron chi connectivity index (χ3n) is 3.81. The second-order valence-electron chi connectivity index (χ2n) is 5.47. The molecule has 0 bridgehead atoms. The number of sulfonamides is 1. The summed E-state index contributed by atoms with van der Waals surface area (Å²) in [5.74, 6) is -0.250. The van der Waals surface area contributed by atoms with Crippen molar-refractivity contribution in [2.45, 2.75) is 31.8 Å². The van der Waals surface area contributed by atoms with E-state index in [1.54, 1.807) is 30.3 Å². The molecule has 0 radical (unpaired) electrons. The summed E-state index contributed by atoms with van der Waals surface area (Å²) in [6.07, 6.45) is 0. The van der Waals surface area contributed by atoms with Crippen LogP contribution in [0, 0.1) is 5.82 Å². The lowest BCUT2D eigenvalue weighted by atomic mass is 10.2. The molecule has 24 heavy (non-hydrogen) atoms. The van der Waals surface area contributed by atoms with E-state index in [1.165, 1.54) is 16.4 Å². The number of nitrogens with one attached hydrogen (secondary N) is 1. The Kier molecular flexibility index (Phi) is 6.48. The summed E-state index contributed by atoms with van der Waals surface area (Å²) in [6.45, 7) is 5.70. The third-order valence-corrected chi connectivity index (χ3v) is 5.88. The highest BCUT2D eigenvalue weighted by molar-refractivity contribution is 7.89. The van der Waals surface area contributed by atoms with Crippen molar-refractivity contribution in [3.63, 3.8) is 0 Å². The minimum Gasteiger partial charge on any atom is -0.309 e. The van der Waals surface area contributed by atoms with E-state index in [4.69, 9.17) is 0 Å². The fraction of sp³-hybridized carbons (Fsp3) is 0.333. The zero-order valence-electron chi connectivity index (χ0n) is 14.0. The van der Waals surface area contributed by atoms with Gasteiger partial charge in [-0.05, 0) is 35.4 Å². The topological polar surface area (TPSA) is 49.4 Å². The molecular formula is C18H23FN2O2S. The first-order chi connectivity index (χ1) is 11.5. The second-order valence-corrected chi connectivity index (χ2v) is 7.40. The zero-order chi connectivity index (χ0) is 17.6. The van der Waals surface area contributed by atoms with Gasteiger partial charge in [0.25, 0.3) is 0 Å². The SMILES string of the molecule is CCN(CC)S(=O)(=O)c1ccc(CNCc2cccc(F)c2)cc1. The van der Waals surface area contributed by atoms with Gasteiger partial charge in [0.1, 0.15) is 5.82 Å². The smallest absolute Gasteiger partial charge is 0.243 e. The fourth-order valence-corrected chi connectivity index (χ4v) is 3.95. The molecule has 0 aliphatic heterocycles. The van der Waals surface area contributed by atoms with Gasteiger partial charge < -0.3 is 5.32 Å². The molecule has 0 fully saturated rings. The van der Waals surface area contributed by atoms with E-state index in [2.05, 4.69) is 5.32 Å². The Hall–Kier alpha value is -1.76. The molecule has 0 saturated carbocycles. The van der Waals surface area contributed by atoms with E-state index >= 15 is 0 Å². The number of hydrogen-bond acceptors (Lipinski definition) is 3. The molecule has 2 rings (SSSR count). The highest BCUT2D eigenvalue weighted by Crippen LogP contribution is 2.16. The molecule has 2 aromatic rings. The molecule has 0 unspecified atom stereocenters. The van der Waals surface area contributed by atoms with Crippen molar-refractivity contribution in [1.29, 1.82) is 0 Å². The van der Waals surface area contributed by atoms with E-state index in [9.17, 15) is 12.8 Å². The summed E-state index contributed by atoms with van der Waals surface area (Å²) in [6, 6.07) is 13.3. The van der Waals surface area contributed by atoms with Gasteiger partial charge in [-0.2, -0.15) is 4.31 Å². The van der Waals surface area contributed by atoms with E-state index in [-0.39, 0.29) is 5.82 Å². The number of halogens is 1. The number of benzene rings is 2. The Bertz CT molecular complexity index is 757. The molecule has 0 heterocycles. The highest BCUT2D eigenvalue weighted by atomic mass is 32.2. The van der Waals surface area contributed by atoms with Gasteiger partial charge in [-0.15, -0.1) is 0 Å². The maximum absolute atomic E-state index is 13.1. The Morgan fingerprint density at radius 2 is 1.58 bits per heavy atom. The molecule has 1 N–H and O–H groups in total. The maximum Gasteiger partial charge on any atom is 0.243 e. The molecule has 0 saturated heterocycles. The Morgan fingerprint density at radius 3 is 2.17 bits per heavy atom. The molecule has 0 spiro atoms. The summed E-state index contributed by atoms with van der Waals surface area (Å²) < 4.78 is 39.4. The van der Waals surface area contributed by atoms with Gasteiger partial charge in [-0.25, -0.2) is 12.8 Å². The first-order valence-electron chi connectivity index (χ1n) is 8.01. The van der Waals surface area contributed by atoms with Gasteiger partial charge in [-0.1, -0.05) is 38.1 Å². The Morgan fingerprint density at radius 1 is 0.958 bits per heavy atom. The standard InChI is InChI=1S/C18H23FN2O2S/c1-3-21(4-2)24(22,23)18-10-8-15(9-11-18)13-20-14-16-6-5-7-17(19)12-16/h5-12,20H,3-4,13-14H2,1-2H3. The fourth-order valence-electron chi connectivity index (χ4n) is 2.49. The van der Waals surface area contributed by atoms with Crippen molar-refractivity contribution in [3.05, 3.63) is 65.5 Å². The van der Waals surface area contributed by atoms with Crippen molar-refractivity contribution in [3.8, 4) is 0 Å². The number of nitrogens with zero attached hydrogens (tertiary/aromatic N) is 1. The summed E-state index contributed by atoms with van der Waals surface area (Å²) >= 11 is 0. The van der Waals surface area contributed by atoms with Gasteiger partial charge in [0.2, 0.25) is 10.0 Å². The van der Waals surface area contributed by atoms with Crippen LogP contribution in [-0.4, -0.2) is 25.8 Å². The summed E-state index contributed by atoms with van der Waals surface area (Å²) in [4.78, 5) is 0.306. The van der Waals surface area contributed by atoms with Gasteiger partial charge in [0.15, 0.2) is 0 Å². The monoisotopic (exact) mass is 350 g/mol. The van der Waals surface area contributed by atoms with Crippen LogP contribution in [0.4, 0.5) is 4.39 Å². The molecule has 2 aromatic carbocycles. The molecule has 6 heteroatoms. The van der Waals surface area contributed by atoms with Crippen molar-refractivity contribution in [2.24, 2.45) is 0 Å². The van der Waals surface area contributed by atoms with Crippen molar-refractivity contribution < 1.29 is 12.8 Å². The van der Waals surface area contributed by atoms with E-state index in [0.717, 1.165) is 11.1 Å². The molecule has 0 aromatic heterocycles. The van der Waals surface area contributed by atoms with Crippen LogP contribution in [-0.2, 0) is 23.1 Å². The van der Waals surface area contributed by atoms with E-state index in [1.807, 2.05) is 19.9 Å². The average molecular weight is 350 g/mol. The van der Waals surface area contributed by atoms with E-state index < -0.39 is 10.0 Å². The minimum atomic E-state index is -3.41. The molecule has 130 valence electrons. The lowest BCUT2D eigenvalue weighted by Gasteiger charge is -2.18. The molecular weight excluding hydrogens is 327 g/mol. The Labute approximate surface area is 143 Å². The normalized spacial score (nSPS) is 11.8. The lowest BCUT2D eigenvalue weighted by Crippen LogP contribution is -2.30. The first-order valence-corrected chi connectivity index (χ1v) is 9.45. The minimum absolute atomic E-state index is 0.250. The lowest BCUT2D eigenvalue weighted by molar-refractivity contribution is 0.445. The Balaban J connectivity index is 1.97. The van der Waals surface area contributed by atoms with Crippen molar-refractivity contribution in [2.75, 3.05) is 13.1 Å². The quantitative estimate of drug-likeness (QED) is 0.796. The van der Waals surface area contributed by atoms with Crippen LogP contribution in [0.3, 0.4) is 0 Å². The van der Waals surface area contributed by atoms with Gasteiger partial charge in [0, 0.05) is 26.2 Å². The molecule has 4 nitrogen and oxygen atoms in total. The summed E-state index contributed by atoms with van der Waals surface area (Å²) in [7, 11) is -3.41. The first kappa shape index (κ1) is 18.6. The van der Waals surface area contributed by atoms with Crippen LogP contribution in [0.25, 0.3) is 0 Å². The predicted octanol–water partition coefficient (Wildman–Crippen LogP) is 3.15. The van der Waals surface area contributed by atoms with Crippen LogP contribution < -0.4 is 5.32 Å². The predicted molar refractivity (Wildman–Crippen MR) is 93.5 cm³/mol. The zero-order valence-corrected chi connectivity index (χ0v) is 14.8. The summed E-state index contributed by atoms with van der Waals surface area (Å²) in [5.41, 5.74) is 1.85. The molecule has 0 aliphatic rings. The van der Waals surface area contributed by atoms with Crippen molar-refractivity contribution >= 4 is 10.0 Å². The summed E-state index contributed by atoms with van der Waals surface area (Å²) in [5, 5.41) is 3.22. The third kappa shape index (κ3) is 4.63. The van der Waals surface area contributed by atoms with Gasteiger partial charge >= 0.3 is 0 Å². The van der Waals surface area contributed by atoms with Crippen LogP contribution in [0.15, 0.2) is 53.4 Å². The number of rotatable bonds is 8. The molecule has 0 atom stereocenters. The van der Waals surface area contributed by atoms with Gasteiger partial charge in [-0.3, -0.25) is 0 Å². The van der Waals surface area contributed by atoms with E-state index in [0.29, 0.717) is 31.1 Å². The van der Waals surface area contributed by atoms with Crippen LogP contribution in [0.5, 0.6) is 0 Å². The largest absolute Gasteiger partial charge is 0.309 e. The van der Waals surface area contributed by atoms with Crippen LogP contribution >= 0.6 is 0 Å². The maximum atomic E-state index is 13.1. The van der Waals surface area contributed by atoms with Gasteiger partial charge in [0.05, 0.1) is 4.90 Å². The highest BCUT2D eigenvalue weighted by Gasteiger charge is 2.20. The van der Waals surface area contributed by atoms with Crippen molar-refractivity contribution in [1.82, 2.24) is 9.62 Å².